The van der Waals surface area contributed by atoms with E-state index < -0.39 is 0 Å². The third-order valence-corrected chi connectivity index (χ3v) is 4.02. The summed E-state index contributed by atoms with van der Waals surface area (Å²) in [6, 6.07) is 8.08. The standard InChI is InChI=1S/C15H24N2O2S/c1-11(16)13-5-7-14(8-6-13)20-12(2)15(18)17-9-4-10-19-3/h5-8,11-12H,4,9-10,16H2,1-3H3,(H,17,18). The van der Waals surface area contributed by atoms with Crippen LogP contribution in [0.4, 0.5) is 0 Å². The Kier molecular flexibility index (Phi) is 7.65. The van der Waals surface area contributed by atoms with Gasteiger partial charge in [0.2, 0.25) is 5.91 Å². The van der Waals surface area contributed by atoms with Crippen molar-refractivity contribution in [3.8, 4) is 0 Å². The molecule has 0 spiro atoms. The third kappa shape index (κ3) is 5.94. The summed E-state index contributed by atoms with van der Waals surface area (Å²) in [7, 11) is 1.66. The van der Waals surface area contributed by atoms with E-state index in [1.165, 1.54) is 0 Å². The number of carbonyl (C=O) groups is 1. The Labute approximate surface area is 125 Å². The monoisotopic (exact) mass is 296 g/mol. The Morgan fingerprint density at radius 3 is 2.55 bits per heavy atom. The van der Waals surface area contributed by atoms with Crippen LogP contribution in [0.3, 0.4) is 0 Å². The highest BCUT2D eigenvalue weighted by Gasteiger charge is 2.13. The predicted octanol–water partition coefficient (Wildman–Crippen LogP) is 2.34. The molecule has 0 aliphatic heterocycles. The van der Waals surface area contributed by atoms with E-state index in [-0.39, 0.29) is 17.2 Å². The molecule has 0 fully saturated rings. The number of methoxy groups -OCH3 is 1. The van der Waals surface area contributed by atoms with Gasteiger partial charge in [0.1, 0.15) is 0 Å². The normalized spacial score (nSPS) is 13.8. The highest BCUT2D eigenvalue weighted by atomic mass is 32.2. The molecule has 2 unspecified atom stereocenters. The summed E-state index contributed by atoms with van der Waals surface area (Å²) in [5, 5.41) is 2.80. The molecule has 3 N–H and O–H groups in total. The number of hydrogen-bond donors (Lipinski definition) is 2. The van der Waals surface area contributed by atoms with Gasteiger partial charge in [-0.25, -0.2) is 0 Å². The van der Waals surface area contributed by atoms with Crippen LogP contribution in [-0.4, -0.2) is 31.4 Å². The van der Waals surface area contributed by atoms with Crippen molar-refractivity contribution in [3.05, 3.63) is 29.8 Å². The molecule has 0 aliphatic carbocycles. The second kappa shape index (κ2) is 9.00. The molecule has 4 nitrogen and oxygen atoms in total. The first-order valence-corrected chi connectivity index (χ1v) is 7.71. The Morgan fingerprint density at radius 2 is 2.00 bits per heavy atom. The van der Waals surface area contributed by atoms with Crippen molar-refractivity contribution in [3.63, 3.8) is 0 Å². The number of carbonyl (C=O) groups excluding carboxylic acids is 1. The van der Waals surface area contributed by atoms with E-state index in [4.69, 9.17) is 10.5 Å². The maximum Gasteiger partial charge on any atom is 0.233 e. The van der Waals surface area contributed by atoms with E-state index in [1.807, 2.05) is 38.1 Å². The fourth-order valence-corrected chi connectivity index (χ4v) is 2.57. The number of amides is 1. The van der Waals surface area contributed by atoms with Crippen molar-refractivity contribution in [1.82, 2.24) is 5.32 Å². The van der Waals surface area contributed by atoms with Gasteiger partial charge < -0.3 is 15.8 Å². The summed E-state index contributed by atoms with van der Waals surface area (Å²) in [4.78, 5) is 13.0. The molecule has 0 aromatic heterocycles. The lowest BCUT2D eigenvalue weighted by Crippen LogP contribution is -2.32. The van der Waals surface area contributed by atoms with Gasteiger partial charge in [-0.3, -0.25) is 4.79 Å². The van der Waals surface area contributed by atoms with E-state index in [2.05, 4.69) is 5.32 Å². The van der Waals surface area contributed by atoms with E-state index in [9.17, 15) is 4.79 Å². The third-order valence-electron chi connectivity index (χ3n) is 2.91. The smallest absolute Gasteiger partial charge is 0.233 e. The summed E-state index contributed by atoms with van der Waals surface area (Å²) < 4.78 is 4.94. The number of benzene rings is 1. The van der Waals surface area contributed by atoms with Crippen molar-refractivity contribution >= 4 is 17.7 Å². The lowest BCUT2D eigenvalue weighted by Gasteiger charge is -2.12. The van der Waals surface area contributed by atoms with Crippen LogP contribution in [0.5, 0.6) is 0 Å². The minimum Gasteiger partial charge on any atom is -0.385 e. The molecule has 20 heavy (non-hydrogen) atoms. The second-order valence-electron chi connectivity index (χ2n) is 4.76. The molecule has 0 heterocycles. The Bertz CT molecular complexity index is 407. The van der Waals surface area contributed by atoms with Gasteiger partial charge in [-0.05, 0) is 38.0 Å². The Hall–Kier alpha value is -1.04. The van der Waals surface area contributed by atoms with Gasteiger partial charge in [-0.1, -0.05) is 12.1 Å². The van der Waals surface area contributed by atoms with Crippen LogP contribution in [0.2, 0.25) is 0 Å². The minimum atomic E-state index is -0.112. The predicted molar refractivity (Wildman–Crippen MR) is 83.9 cm³/mol. The number of hydrogen-bond acceptors (Lipinski definition) is 4. The average Bonchev–Trinajstić information content (AvgIpc) is 2.44. The first-order valence-electron chi connectivity index (χ1n) is 6.83. The van der Waals surface area contributed by atoms with Gasteiger partial charge >= 0.3 is 0 Å². The lowest BCUT2D eigenvalue weighted by atomic mass is 10.1. The molecule has 5 heteroatoms. The zero-order valence-corrected chi connectivity index (χ0v) is 13.2. The van der Waals surface area contributed by atoms with Crippen LogP contribution in [-0.2, 0) is 9.53 Å². The summed E-state index contributed by atoms with van der Waals surface area (Å²) in [6.45, 7) is 5.19. The van der Waals surface area contributed by atoms with Gasteiger partial charge in [0, 0.05) is 31.2 Å². The molecule has 0 saturated carbocycles. The van der Waals surface area contributed by atoms with Crippen molar-refractivity contribution in [2.24, 2.45) is 5.73 Å². The number of ether oxygens (including phenoxy) is 1. The zero-order chi connectivity index (χ0) is 15.0. The fourth-order valence-electron chi connectivity index (χ4n) is 1.68. The average molecular weight is 296 g/mol. The number of nitrogens with two attached hydrogens (primary N) is 1. The van der Waals surface area contributed by atoms with Crippen molar-refractivity contribution in [2.75, 3.05) is 20.3 Å². The highest BCUT2D eigenvalue weighted by Crippen LogP contribution is 2.24. The fraction of sp³-hybridized carbons (Fsp3) is 0.533. The summed E-state index contributed by atoms with van der Waals surface area (Å²) >= 11 is 1.55. The molecule has 1 aromatic carbocycles. The Balaban J connectivity index is 2.40. The number of thioether (sulfide) groups is 1. The topological polar surface area (TPSA) is 64.3 Å². The maximum absolute atomic E-state index is 11.9. The van der Waals surface area contributed by atoms with Crippen LogP contribution in [0.1, 0.15) is 31.9 Å². The molecule has 0 radical (unpaired) electrons. The van der Waals surface area contributed by atoms with Crippen LogP contribution >= 0.6 is 11.8 Å². The molecule has 2 atom stereocenters. The van der Waals surface area contributed by atoms with Gasteiger partial charge in [-0.15, -0.1) is 11.8 Å². The lowest BCUT2D eigenvalue weighted by molar-refractivity contribution is -0.120. The highest BCUT2D eigenvalue weighted by molar-refractivity contribution is 8.00. The maximum atomic E-state index is 11.9. The van der Waals surface area contributed by atoms with E-state index in [0.717, 1.165) is 16.9 Å². The molecule has 1 aromatic rings. The van der Waals surface area contributed by atoms with Crippen molar-refractivity contribution < 1.29 is 9.53 Å². The Morgan fingerprint density at radius 1 is 1.35 bits per heavy atom. The van der Waals surface area contributed by atoms with Crippen LogP contribution in [0, 0.1) is 0 Å². The molecule has 112 valence electrons. The summed E-state index contributed by atoms with van der Waals surface area (Å²) in [6.07, 6.45) is 0.836. The number of rotatable bonds is 8. The van der Waals surface area contributed by atoms with Crippen molar-refractivity contribution in [2.45, 2.75) is 36.5 Å². The van der Waals surface area contributed by atoms with Gasteiger partial charge in [-0.2, -0.15) is 0 Å². The molecular weight excluding hydrogens is 272 g/mol. The molecule has 0 aliphatic rings. The quantitative estimate of drug-likeness (QED) is 0.571. The van der Waals surface area contributed by atoms with Crippen LogP contribution in [0.15, 0.2) is 29.2 Å². The van der Waals surface area contributed by atoms with Crippen LogP contribution in [0.25, 0.3) is 0 Å². The summed E-state index contributed by atoms with van der Waals surface area (Å²) in [5.74, 6) is 0.0578. The summed E-state index contributed by atoms with van der Waals surface area (Å²) in [5.41, 5.74) is 6.91. The largest absolute Gasteiger partial charge is 0.385 e. The molecule has 0 bridgehead atoms. The molecule has 0 saturated heterocycles. The van der Waals surface area contributed by atoms with Gasteiger partial charge in [0.25, 0.3) is 0 Å². The number of nitrogens with one attached hydrogen (secondary N) is 1. The molecule has 1 amide bonds. The first kappa shape index (κ1) is 17.0. The van der Waals surface area contributed by atoms with Gasteiger partial charge in [0.05, 0.1) is 5.25 Å². The molecule has 1 rings (SSSR count). The first-order chi connectivity index (χ1) is 9.54. The van der Waals surface area contributed by atoms with E-state index in [1.54, 1.807) is 18.9 Å². The SMILES string of the molecule is COCCCNC(=O)C(C)Sc1ccc(C(C)N)cc1. The molecular formula is C15H24N2O2S. The zero-order valence-electron chi connectivity index (χ0n) is 12.4. The second-order valence-corrected chi connectivity index (χ2v) is 6.17. The van der Waals surface area contributed by atoms with E-state index in [0.29, 0.717) is 13.2 Å². The van der Waals surface area contributed by atoms with Gasteiger partial charge in [0.15, 0.2) is 0 Å². The van der Waals surface area contributed by atoms with Crippen LogP contribution < -0.4 is 11.1 Å². The minimum absolute atomic E-state index is 0.0376. The van der Waals surface area contributed by atoms with Crippen molar-refractivity contribution in [1.29, 1.82) is 0 Å². The van der Waals surface area contributed by atoms with E-state index >= 15 is 0 Å².